The minimum Gasteiger partial charge on any atom is -0.481 e. The molecule has 0 spiro atoms. The molecule has 1 unspecified atom stereocenters. The summed E-state index contributed by atoms with van der Waals surface area (Å²) in [7, 11) is 0. The number of carbonyl (C=O) groups excluding carboxylic acids is 1. The summed E-state index contributed by atoms with van der Waals surface area (Å²) < 4.78 is 0. The van der Waals surface area contributed by atoms with E-state index >= 15 is 0 Å². The van der Waals surface area contributed by atoms with Crippen molar-refractivity contribution in [3.63, 3.8) is 0 Å². The molecule has 0 bridgehead atoms. The fourth-order valence-corrected chi connectivity index (χ4v) is 3.02. The Balaban J connectivity index is 2.19. The molecule has 1 aliphatic heterocycles. The van der Waals surface area contributed by atoms with Crippen molar-refractivity contribution in [2.45, 2.75) is 33.1 Å². The molecule has 4 nitrogen and oxygen atoms in total. The number of carboxylic acid groups (broad SMARTS) is 1. The first-order valence-corrected chi connectivity index (χ1v) is 7.44. The third kappa shape index (κ3) is 3.05. The fraction of sp³-hybridized carbons (Fsp3) is 0.500. The van der Waals surface area contributed by atoms with Crippen molar-refractivity contribution in [3.05, 3.63) is 34.3 Å². The highest BCUT2D eigenvalue weighted by Crippen LogP contribution is 2.32. The molecule has 1 N–H and O–H groups in total. The minimum absolute atomic E-state index is 0.155. The first-order chi connectivity index (χ1) is 9.74. The van der Waals surface area contributed by atoms with E-state index in [9.17, 15) is 14.7 Å². The molecular formula is C16H20ClNO3. The predicted molar refractivity (Wildman–Crippen MR) is 81.8 cm³/mol. The highest BCUT2D eigenvalue weighted by Gasteiger charge is 2.42. The minimum atomic E-state index is -0.856. The van der Waals surface area contributed by atoms with E-state index in [2.05, 4.69) is 0 Å². The Kier molecular flexibility index (Phi) is 4.28. The summed E-state index contributed by atoms with van der Waals surface area (Å²) in [6, 6.07) is 5.31. The third-order valence-corrected chi connectivity index (χ3v) is 4.47. The van der Waals surface area contributed by atoms with E-state index in [-0.39, 0.29) is 12.5 Å². The van der Waals surface area contributed by atoms with E-state index in [1.807, 2.05) is 19.9 Å². The van der Waals surface area contributed by atoms with Gasteiger partial charge in [-0.05, 0) is 37.0 Å². The van der Waals surface area contributed by atoms with Gasteiger partial charge in [0.15, 0.2) is 0 Å². The van der Waals surface area contributed by atoms with Gasteiger partial charge in [-0.3, -0.25) is 9.59 Å². The molecular weight excluding hydrogens is 290 g/mol. The summed E-state index contributed by atoms with van der Waals surface area (Å²) in [6.45, 7) is 6.47. The zero-order valence-electron chi connectivity index (χ0n) is 12.5. The molecule has 1 aromatic rings. The van der Waals surface area contributed by atoms with E-state index in [1.165, 1.54) is 0 Å². The number of aliphatic carboxylic acids is 1. The van der Waals surface area contributed by atoms with E-state index in [4.69, 9.17) is 11.6 Å². The number of halogens is 1. The topological polar surface area (TPSA) is 57.6 Å². The number of carboxylic acids is 1. The van der Waals surface area contributed by atoms with Crippen LogP contribution in [0.4, 0.5) is 0 Å². The van der Waals surface area contributed by atoms with Crippen molar-refractivity contribution in [2.24, 2.45) is 5.41 Å². The molecule has 1 fully saturated rings. The molecule has 1 saturated heterocycles. The van der Waals surface area contributed by atoms with Gasteiger partial charge in [0.25, 0.3) is 5.91 Å². The van der Waals surface area contributed by atoms with Crippen LogP contribution in [0, 0.1) is 5.41 Å². The number of carbonyl (C=O) groups is 2. The zero-order valence-corrected chi connectivity index (χ0v) is 13.3. The largest absolute Gasteiger partial charge is 0.481 e. The molecule has 1 heterocycles. The van der Waals surface area contributed by atoms with Crippen LogP contribution in [0.15, 0.2) is 18.2 Å². The summed E-state index contributed by atoms with van der Waals surface area (Å²) in [4.78, 5) is 25.3. The van der Waals surface area contributed by atoms with Crippen LogP contribution < -0.4 is 0 Å². The number of nitrogens with zero attached hydrogens (tertiary/aromatic N) is 1. The molecule has 0 aromatic heterocycles. The molecule has 21 heavy (non-hydrogen) atoms. The lowest BCUT2D eigenvalue weighted by molar-refractivity contribution is -0.147. The highest BCUT2D eigenvalue weighted by molar-refractivity contribution is 6.31. The molecule has 0 radical (unpaired) electrons. The number of hydrogen-bond acceptors (Lipinski definition) is 2. The van der Waals surface area contributed by atoms with Crippen LogP contribution >= 0.6 is 11.6 Å². The highest BCUT2D eigenvalue weighted by atomic mass is 35.5. The normalized spacial score (nSPS) is 21.9. The van der Waals surface area contributed by atoms with Crippen molar-refractivity contribution >= 4 is 23.5 Å². The summed E-state index contributed by atoms with van der Waals surface area (Å²) in [5, 5.41) is 9.80. The van der Waals surface area contributed by atoms with E-state index < -0.39 is 11.4 Å². The Morgan fingerprint density at radius 3 is 2.52 bits per heavy atom. The van der Waals surface area contributed by atoms with Crippen molar-refractivity contribution in [1.29, 1.82) is 0 Å². The number of rotatable bonds is 3. The van der Waals surface area contributed by atoms with Gasteiger partial charge < -0.3 is 10.0 Å². The molecule has 2 rings (SSSR count). The van der Waals surface area contributed by atoms with Gasteiger partial charge in [-0.1, -0.05) is 31.5 Å². The van der Waals surface area contributed by atoms with Crippen LogP contribution in [0.3, 0.4) is 0 Å². The lowest BCUT2D eigenvalue weighted by Gasteiger charge is -2.20. The summed E-state index contributed by atoms with van der Waals surface area (Å²) in [5.41, 5.74) is 0.668. The van der Waals surface area contributed by atoms with Gasteiger partial charge in [0.05, 0.1) is 5.41 Å². The van der Waals surface area contributed by atoms with Gasteiger partial charge in [0.2, 0.25) is 0 Å². The van der Waals surface area contributed by atoms with Crippen LogP contribution in [0.25, 0.3) is 0 Å². The summed E-state index contributed by atoms with van der Waals surface area (Å²) >= 11 is 6.22. The maximum Gasteiger partial charge on any atom is 0.311 e. The Hall–Kier alpha value is -1.55. The number of amides is 1. The monoisotopic (exact) mass is 309 g/mol. The van der Waals surface area contributed by atoms with Crippen molar-refractivity contribution in [3.8, 4) is 0 Å². The first kappa shape index (κ1) is 15.8. The Bertz CT molecular complexity index is 585. The van der Waals surface area contributed by atoms with Gasteiger partial charge in [0, 0.05) is 23.7 Å². The predicted octanol–water partition coefficient (Wildman–Crippen LogP) is 3.40. The van der Waals surface area contributed by atoms with Crippen LogP contribution in [0.2, 0.25) is 5.02 Å². The first-order valence-electron chi connectivity index (χ1n) is 7.07. The molecule has 1 amide bonds. The van der Waals surface area contributed by atoms with E-state index in [1.54, 1.807) is 24.0 Å². The SMILES string of the molecule is CC(C)c1ccc(C(=O)N2CCC(C)(C(=O)O)C2)cc1Cl. The zero-order chi connectivity index (χ0) is 15.8. The standard InChI is InChI=1S/C16H20ClNO3/c1-10(2)12-5-4-11(8-13(12)17)14(19)18-7-6-16(3,9-18)15(20)21/h4-5,8,10H,6-7,9H2,1-3H3,(H,20,21). The molecule has 0 aliphatic carbocycles. The number of hydrogen-bond donors (Lipinski definition) is 1. The molecule has 1 atom stereocenters. The summed E-state index contributed by atoms with van der Waals surface area (Å²) in [6.07, 6.45) is 0.478. The second-order valence-electron chi connectivity index (χ2n) is 6.23. The van der Waals surface area contributed by atoms with Gasteiger partial charge in [-0.25, -0.2) is 0 Å². The van der Waals surface area contributed by atoms with Gasteiger partial charge in [-0.15, -0.1) is 0 Å². The maximum atomic E-state index is 12.5. The van der Waals surface area contributed by atoms with Gasteiger partial charge in [0.1, 0.15) is 0 Å². The van der Waals surface area contributed by atoms with Gasteiger partial charge >= 0.3 is 5.97 Å². The molecule has 5 heteroatoms. The Morgan fingerprint density at radius 2 is 2.05 bits per heavy atom. The van der Waals surface area contributed by atoms with Crippen LogP contribution in [-0.2, 0) is 4.79 Å². The summed E-state index contributed by atoms with van der Waals surface area (Å²) in [5.74, 6) is -0.716. The van der Waals surface area contributed by atoms with Crippen LogP contribution in [0.5, 0.6) is 0 Å². The maximum absolute atomic E-state index is 12.5. The van der Waals surface area contributed by atoms with Crippen molar-refractivity contribution in [1.82, 2.24) is 4.90 Å². The molecule has 1 aromatic carbocycles. The third-order valence-electron chi connectivity index (χ3n) is 4.15. The van der Waals surface area contributed by atoms with Gasteiger partial charge in [-0.2, -0.15) is 0 Å². The molecule has 0 saturated carbocycles. The number of benzene rings is 1. The quantitative estimate of drug-likeness (QED) is 0.931. The average molecular weight is 310 g/mol. The van der Waals surface area contributed by atoms with Crippen molar-refractivity contribution in [2.75, 3.05) is 13.1 Å². The Morgan fingerprint density at radius 1 is 1.38 bits per heavy atom. The Labute approximate surface area is 129 Å². The molecule has 1 aliphatic rings. The number of likely N-dealkylation sites (tertiary alicyclic amines) is 1. The molecule has 114 valence electrons. The van der Waals surface area contributed by atoms with Crippen molar-refractivity contribution < 1.29 is 14.7 Å². The van der Waals surface area contributed by atoms with Crippen LogP contribution in [0.1, 0.15) is 49.0 Å². The van der Waals surface area contributed by atoms with E-state index in [0.29, 0.717) is 29.5 Å². The van der Waals surface area contributed by atoms with Crippen LogP contribution in [-0.4, -0.2) is 35.0 Å². The average Bonchev–Trinajstić information content (AvgIpc) is 2.81. The smallest absolute Gasteiger partial charge is 0.311 e. The fourth-order valence-electron chi connectivity index (χ4n) is 2.62. The van der Waals surface area contributed by atoms with E-state index in [0.717, 1.165) is 5.56 Å². The lowest BCUT2D eigenvalue weighted by Crippen LogP contribution is -2.34. The lowest BCUT2D eigenvalue weighted by atomic mass is 9.90. The second kappa shape index (κ2) is 5.68. The second-order valence-corrected chi connectivity index (χ2v) is 6.64.